The first-order chi connectivity index (χ1) is 14.1. The van der Waals surface area contributed by atoms with Crippen molar-refractivity contribution in [2.24, 2.45) is 5.92 Å². The second kappa shape index (κ2) is 9.04. The predicted molar refractivity (Wildman–Crippen MR) is 108 cm³/mol. The molecular formula is C24H27F2NO2. The van der Waals surface area contributed by atoms with E-state index in [1.807, 2.05) is 12.1 Å². The van der Waals surface area contributed by atoms with E-state index in [9.17, 15) is 13.6 Å². The summed E-state index contributed by atoms with van der Waals surface area (Å²) < 4.78 is 29.3. The molecule has 2 fully saturated rings. The van der Waals surface area contributed by atoms with Crippen molar-refractivity contribution in [1.82, 2.24) is 4.90 Å². The average Bonchev–Trinajstić information content (AvgIpc) is 2.68. The zero-order valence-electron chi connectivity index (χ0n) is 16.5. The second-order valence-corrected chi connectivity index (χ2v) is 8.23. The Balaban J connectivity index is 1.40. The summed E-state index contributed by atoms with van der Waals surface area (Å²) >= 11 is 0. The molecule has 0 aromatic heterocycles. The van der Waals surface area contributed by atoms with Crippen LogP contribution in [-0.4, -0.2) is 29.4 Å². The highest BCUT2D eigenvalue weighted by molar-refractivity contribution is 5.83. The minimum absolute atomic E-state index is 0.0528. The molecule has 2 aromatic carbocycles. The molecule has 2 heterocycles. The van der Waals surface area contributed by atoms with Crippen molar-refractivity contribution >= 4 is 5.78 Å². The van der Waals surface area contributed by atoms with Crippen LogP contribution in [0.25, 0.3) is 0 Å². The van der Waals surface area contributed by atoms with Crippen LogP contribution in [0.5, 0.6) is 5.75 Å². The van der Waals surface area contributed by atoms with E-state index in [2.05, 4.69) is 33.9 Å². The van der Waals surface area contributed by atoms with Crippen LogP contribution in [0.1, 0.15) is 43.2 Å². The maximum absolute atomic E-state index is 13.0. The Morgan fingerprint density at radius 1 is 1.00 bits per heavy atom. The number of alkyl halides is 2. The summed E-state index contributed by atoms with van der Waals surface area (Å²) in [5.74, 6) is 0.382. The van der Waals surface area contributed by atoms with Crippen molar-refractivity contribution in [2.75, 3.05) is 0 Å². The molecule has 2 aliphatic rings. The molecule has 29 heavy (non-hydrogen) atoms. The molecule has 2 aromatic rings. The highest BCUT2D eigenvalue weighted by atomic mass is 19.3. The van der Waals surface area contributed by atoms with Gasteiger partial charge < -0.3 is 4.74 Å². The normalized spacial score (nSPS) is 24.4. The predicted octanol–water partition coefficient (Wildman–Crippen LogP) is 5.23. The Kier molecular flexibility index (Phi) is 6.24. The van der Waals surface area contributed by atoms with E-state index >= 15 is 0 Å². The van der Waals surface area contributed by atoms with Crippen molar-refractivity contribution in [3.8, 4) is 5.75 Å². The molecule has 0 amide bonds. The Bertz CT molecular complexity index is 813. The van der Waals surface area contributed by atoms with Crippen molar-refractivity contribution in [1.29, 1.82) is 0 Å². The van der Waals surface area contributed by atoms with Gasteiger partial charge in [0.05, 0.1) is 0 Å². The van der Waals surface area contributed by atoms with Crippen LogP contribution in [0.3, 0.4) is 0 Å². The quantitative estimate of drug-likeness (QED) is 0.638. The number of hydrogen-bond acceptors (Lipinski definition) is 3. The van der Waals surface area contributed by atoms with E-state index in [0.29, 0.717) is 12.1 Å². The van der Waals surface area contributed by atoms with Gasteiger partial charge in [0.1, 0.15) is 11.5 Å². The van der Waals surface area contributed by atoms with Gasteiger partial charge in [-0.15, -0.1) is 0 Å². The number of piperidine rings is 2. The standard InChI is InChI=1S/C24H27F2NO2/c25-24(26)29-22-11-4-8-18(12-22)13-23(28)19-14-20-9-5-10-21(15-19)27(20)16-17-6-2-1-3-7-17/h1-4,6-8,11-12,19-21,24H,5,9-10,13-16H2. The number of benzene rings is 2. The van der Waals surface area contributed by atoms with E-state index in [1.165, 1.54) is 18.1 Å². The first-order valence-electron chi connectivity index (χ1n) is 10.4. The number of nitrogens with zero attached hydrogens (tertiary/aromatic N) is 1. The average molecular weight is 399 g/mol. The van der Waals surface area contributed by atoms with Crippen LogP contribution in [0.2, 0.25) is 0 Å². The van der Waals surface area contributed by atoms with Crippen molar-refractivity contribution in [3.63, 3.8) is 0 Å². The van der Waals surface area contributed by atoms with Gasteiger partial charge in [0.2, 0.25) is 0 Å². The number of ether oxygens (including phenoxy) is 1. The highest BCUT2D eigenvalue weighted by Crippen LogP contribution is 2.38. The number of carbonyl (C=O) groups is 1. The van der Waals surface area contributed by atoms with Crippen molar-refractivity contribution in [3.05, 3.63) is 65.7 Å². The number of rotatable bonds is 7. The molecule has 0 spiro atoms. The molecule has 0 N–H and O–H groups in total. The zero-order valence-corrected chi connectivity index (χ0v) is 16.5. The lowest BCUT2D eigenvalue weighted by molar-refractivity contribution is -0.126. The van der Waals surface area contributed by atoms with E-state index in [4.69, 9.17) is 0 Å². The summed E-state index contributed by atoms with van der Waals surface area (Å²) in [6.07, 6.45) is 5.60. The van der Waals surface area contributed by atoms with Gasteiger partial charge >= 0.3 is 6.61 Å². The van der Waals surface area contributed by atoms with E-state index in [0.717, 1.165) is 37.8 Å². The minimum Gasteiger partial charge on any atom is -0.435 e. The van der Waals surface area contributed by atoms with Crippen LogP contribution in [0.4, 0.5) is 8.78 Å². The molecule has 4 rings (SSSR count). The Hall–Kier alpha value is -2.27. The van der Waals surface area contributed by atoms with Gasteiger partial charge in [-0.1, -0.05) is 48.9 Å². The summed E-state index contributed by atoms with van der Waals surface area (Å²) in [4.78, 5) is 15.6. The number of carbonyl (C=O) groups excluding carboxylic acids is 1. The van der Waals surface area contributed by atoms with E-state index in [-0.39, 0.29) is 23.9 Å². The molecule has 0 aliphatic carbocycles. The fourth-order valence-corrected chi connectivity index (χ4v) is 4.97. The largest absolute Gasteiger partial charge is 0.435 e. The second-order valence-electron chi connectivity index (χ2n) is 8.23. The summed E-state index contributed by atoms with van der Waals surface area (Å²) in [5, 5.41) is 0. The highest BCUT2D eigenvalue weighted by Gasteiger charge is 2.40. The lowest BCUT2D eigenvalue weighted by atomic mass is 9.75. The summed E-state index contributed by atoms with van der Waals surface area (Å²) in [6, 6.07) is 17.9. The van der Waals surface area contributed by atoms with Gasteiger partial charge in [0.15, 0.2) is 0 Å². The lowest BCUT2D eigenvalue weighted by Gasteiger charge is -2.48. The van der Waals surface area contributed by atoms with Crippen LogP contribution in [-0.2, 0) is 17.8 Å². The van der Waals surface area contributed by atoms with Gasteiger partial charge in [-0.05, 0) is 48.9 Å². The van der Waals surface area contributed by atoms with Crippen LogP contribution < -0.4 is 4.74 Å². The van der Waals surface area contributed by atoms with Crippen LogP contribution in [0, 0.1) is 5.92 Å². The minimum atomic E-state index is -2.85. The smallest absolute Gasteiger partial charge is 0.387 e. The van der Waals surface area contributed by atoms with E-state index in [1.54, 1.807) is 12.1 Å². The maximum Gasteiger partial charge on any atom is 0.387 e. The molecule has 2 saturated heterocycles. The van der Waals surface area contributed by atoms with Gasteiger partial charge in [-0.25, -0.2) is 0 Å². The molecule has 3 nitrogen and oxygen atoms in total. The SMILES string of the molecule is O=C(Cc1cccc(OC(F)F)c1)C1CC2CCCC(C1)N2Cc1ccccc1. The third-order valence-electron chi connectivity index (χ3n) is 6.29. The maximum atomic E-state index is 13.0. The Morgan fingerprint density at radius 3 is 2.38 bits per heavy atom. The van der Waals surface area contributed by atoms with Crippen LogP contribution in [0.15, 0.2) is 54.6 Å². The molecule has 154 valence electrons. The van der Waals surface area contributed by atoms with Gasteiger partial charge in [0, 0.05) is 31.0 Å². The third kappa shape index (κ3) is 5.02. The number of ketones is 1. The topological polar surface area (TPSA) is 29.5 Å². The number of halogens is 2. The Labute approximate surface area is 170 Å². The fourth-order valence-electron chi connectivity index (χ4n) is 4.97. The number of hydrogen-bond donors (Lipinski definition) is 0. The molecule has 0 saturated carbocycles. The Morgan fingerprint density at radius 2 is 1.69 bits per heavy atom. The molecule has 5 heteroatoms. The van der Waals surface area contributed by atoms with Crippen molar-refractivity contribution in [2.45, 2.75) is 63.8 Å². The van der Waals surface area contributed by atoms with Crippen molar-refractivity contribution < 1.29 is 18.3 Å². The van der Waals surface area contributed by atoms with Gasteiger partial charge in [-0.2, -0.15) is 8.78 Å². The lowest BCUT2D eigenvalue weighted by Crippen LogP contribution is -2.52. The number of Topliss-reactive ketones (excluding diaryl/α,β-unsaturated/α-hetero) is 1. The number of fused-ring (bicyclic) bond motifs is 2. The molecule has 2 bridgehead atoms. The summed E-state index contributed by atoms with van der Waals surface area (Å²) in [6.45, 7) is -1.90. The third-order valence-corrected chi connectivity index (χ3v) is 6.29. The monoisotopic (exact) mass is 399 g/mol. The summed E-state index contributed by atoms with van der Waals surface area (Å²) in [7, 11) is 0. The first kappa shape index (κ1) is 20.0. The first-order valence-corrected chi connectivity index (χ1v) is 10.4. The fraction of sp³-hybridized carbons (Fsp3) is 0.458. The molecule has 2 unspecified atom stereocenters. The van der Waals surface area contributed by atoms with Gasteiger partial charge in [-0.3, -0.25) is 9.69 Å². The van der Waals surface area contributed by atoms with Gasteiger partial charge in [0.25, 0.3) is 0 Å². The zero-order chi connectivity index (χ0) is 20.2. The molecule has 2 atom stereocenters. The summed E-state index contributed by atoms with van der Waals surface area (Å²) in [5.41, 5.74) is 2.06. The van der Waals surface area contributed by atoms with Crippen LogP contribution >= 0.6 is 0 Å². The molecule has 2 aliphatic heterocycles. The molecule has 0 radical (unpaired) electrons. The van der Waals surface area contributed by atoms with E-state index < -0.39 is 6.61 Å². The molecular weight excluding hydrogens is 372 g/mol.